The van der Waals surface area contributed by atoms with E-state index in [-0.39, 0.29) is 25.0 Å². The van der Waals surface area contributed by atoms with Crippen molar-refractivity contribution in [3.63, 3.8) is 0 Å². The van der Waals surface area contributed by atoms with E-state index >= 15 is 0 Å². The van der Waals surface area contributed by atoms with Crippen LogP contribution in [0, 0.1) is 11.6 Å². The average molecular weight is 332 g/mol. The summed E-state index contributed by atoms with van der Waals surface area (Å²) in [5.41, 5.74) is 2.77. The van der Waals surface area contributed by atoms with Crippen molar-refractivity contribution in [2.24, 2.45) is 0 Å². The van der Waals surface area contributed by atoms with Crippen LogP contribution in [0.2, 0.25) is 0 Å². The molecule has 0 saturated carbocycles. The Morgan fingerprint density at radius 1 is 1.04 bits per heavy atom. The van der Waals surface area contributed by atoms with Crippen LogP contribution in [0.5, 0.6) is 0 Å². The van der Waals surface area contributed by atoms with E-state index in [0.717, 1.165) is 18.1 Å². The maximum absolute atomic E-state index is 13.1. The summed E-state index contributed by atoms with van der Waals surface area (Å²) in [6, 6.07) is 11.5. The summed E-state index contributed by atoms with van der Waals surface area (Å²) in [4.78, 5) is 11.9. The molecule has 5 heteroatoms. The molecule has 0 aliphatic rings. The van der Waals surface area contributed by atoms with Gasteiger partial charge in [-0.25, -0.2) is 8.78 Å². The van der Waals surface area contributed by atoms with Crippen LogP contribution in [0.25, 0.3) is 0 Å². The number of aryl methyl sites for hydroxylation is 1. The van der Waals surface area contributed by atoms with Gasteiger partial charge in [0.15, 0.2) is 0 Å². The van der Waals surface area contributed by atoms with Crippen LogP contribution in [-0.4, -0.2) is 12.5 Å². The van der Waals surface area contributed by atoms with Crippen molar-refractivity contribution >= 4 is 5.91 Å². The summed E-state index contributed by atoms with van der Waals surface area (Å²) in [7, 11) is 0. The van der Waals surface area contributed by atoms with Gasteiger partial charge in [0, 0.05) is 18.7 Å². The van der Waals surface area contributed by atoms with Crippen LogP contribution < -0.4 is 10.6 Å². The van der Waals surface area contributed by atoms with E-state index < -0.39 is 11.6 Å². The summed E-state index contributed by atoms with van der Waals surface area (Å²) >= 11 is 0. The lowest BCUT2D eigenvalue weighted by atomic mass is 10.1. The molecule has 0 heterocycles. The van der Waals surface area contributed by atoms with Crippen LogP contribution in [-0.2, 0) is 17.8 Å². The second-order valence-electron chi connectivity index (χ2n) is 5.75. The zero-order valence-corrected chi connectivity index (χ0v) is 13.9. The maximum atomic E-state index is 13.1. The third-order valence-electron chi connectivity index (χ3n) is 3.87. The van der Waals surface area contributed by atoms with Gasteiger partial charge in [-0.05, 0) is 42.2 Å². The fourth-order valence-corrected chi connectivity index (χ4v) is 2.38. The number of nitrogens with one attached hydrogen (secondary N) is 2. The normalized spacial score (nSPS) is 12.0. The summed E-state index contributed by atoms with van der Waals surface area (Å²) in [6.45, 7) is 4.31. The zero-order valence-electron chi connectivity index (χ0n) is 13.9. The Labute approximate surface area is 141 Å². The number of benzene rings is 2. The fraction of sp³-hybridized carbons (Fsp3) is 0.316. The molecule has 0 aliphatic carbocycles. The molecule has 0 bridgehead atoms. The number of carbonyl (C=O) groups excluding carboxylic acids is 1. The number of carbonyl (C=O) groups is 1. The molecular weight excluding hydrogens is 310 g/mol. The van der Waals surface area contributed by atoms with Gasteiger partial charge in [-0.15, -0.1) is 0 Å². The molecule has 0 radical (unpaired) electrons. The van der Waals surface area contributed by atoms with E-state index in [1.807, 2.05) is 19.1 Å². The summed E-state index contributed by atoms with van der Waals surface area (Å²) < 4.78 is 26.2. The Hall–Kier alpha value is -2.27. The average Bonchev–Trinajstić information content (AvgIpc) is 2.57. The standard InChI is InChI=1S/C19H22F2N2O/c1-3-14-4-6-16(7-5-14)13(2)22-12-19(24)23-11-15-8-17(20)10-18(21)9-15/h4-10,13,22H,3,11-12H2,1-2H3,(H,23,24). The maximum Gasteiger partial charge on any atom is 0.234 e. The van der Waals surface area contributed by atoms with Gasteiger partial charge in [-0.3, -0.25) is 4.79 Å². The highest BCUT2D eigenvalue weighted by Gasteiger charge is 2.08. The molecular formula is C19H22F2N2O. The molecule has 1 amide bonds. The van der Waals surface area contributed by atoms with Crippen molar-refractivity contribution in [3.05, 3.63) is 70.8 Å². The second-order valence-corrected chi connectivity index (χ2v) is 5.75. The monoisotopic (exact) mass is 332 g/mol. The minimum absolute atomic E-state index is 0.0354. The molecule has 3 nitrogen and oxygen atoms in total. The Kier molecular flexibility index (Phi) is 6.44. The van der Waals surface area contributed by atoms with Crippen molar-refractivity contribution in [3.8, 4) is 0 Å². The first-order valence-corrected chi connectivity index (χ1v) is 8.02. The molecule has 1 atom stereocenters. The predicted octanol–water partition coefficient (Wildman–Crippen LogP) is 3.49. The molecule has 1 unspecified atom stereocenters. The molecule has 0 aliphatic heterocycles. The molecule has 2 aromatic rings. The molecule has 0 fully saturated rings. The minimum atomic E-state index is -0.651. The largest absolute Gasteiger partial charge is 0.351 e. The first-order valence-electron chi connectivity index (χ1n) is 8.02. The third-order valence-corrected chi connectivity index (χ3v) is 3.87. The second kappa shape index (κ2) is 8.55. The van der Waals surface area contributed by atoms with Crippen LogP contribution in [0.3, 0.4) is 0 Å². The van der Waals surface area contributed by atoms with E-state index in [1.165, 1.54) is 17.7 Å². The van der Waals surface area contributed by atoms with Crippen molar-refractivity contribution < 1.29 is 13.6 Å². The summed E-state index contributed by atoms with van der Waals surface area (Å²) in [6.07, 6.45) is 0.991. The highest BCUT2D eigenvalue weighted by atomic mass is 19.1. The van der Waals surface area contributed by atoms with Gasteiger partial charge in [-0.1, -0.05) is 31.2 Å². The van der Waals surface area contributed by atoms with Gasteiger partial charge >= 0.3 is 0 Å². The number of rotatable bonds is 7. The van der Waals surface area contributed by atoms with E-state index in [9.17, 15) is 13.6 Å². The van der Waals surface area contributed by atoms with Crippen LogP contribution in [0.15, 0.2) is 42.5 Å². The van der Waals surface area contributed by atoms with Crippen molar-refractivity contribution in [2.75, 3.05) is 6.54 Å². The summed E-state index contributed by atoms with van der Waals surface area (Å²) in [5, 5.41) is 5.78. The van der Waals surface area contributed by atoms with Crippen molar-refractivity contribution in [2.45, 2.75) is 32.9 Å². The van der Waals surface area contributed by atoms with Gasteiger partial charge in [0.1, 0.15) is 11.6 Å². The quantitative estimate of drug-likeness (QED) is 0.815. The third kappa shape index (κ3) is 5.42. The SMILES string of the molecule is CCc1ccc(C(C)NCC(=O)NCc2cc(F)cc(F)c2)cc1. The topological polar surface area (TPSA) is 41.1 Å². The van der Waals surface area contributed by atoms with E-state index in [0.29, 0.717) is 5.56 Å². The predicted molar refractivity (Wildman–Crippen MR) is 90.4 cm³/mol. The lowest BCUT2D eigenvalue weighted by Crippen LogP contribution is -2.34. The van der Waals surface area contributed by atoms with Gasteiger partial charge in [0.05, 0.1) is 6.54 Å². The van der Waals surface area contributed by atoms with Crippen LogP contribution in [0.1, 0.15) is 36.6 Å². The Morgan fingerprint density at radius 2 is 1.67 bits per heavy atom. The van der Waals surface area contributed by atoms with Crippen LogP contribution in [0.4, 0.5) is 8.78 Å². The highest BCUT2D eigenvalue weighted by molar-refractivity contribution is 5.78. The van der Waals surface area contributed by atoms with E-state index in [1.54, 1.807) is 0 Å². The molecule has 128 valence electrons. The molecule has 0 spiro atoms. The Morgan fingerprint density at radius 3 is 2.25 bits per heavy atom. The molecule has 2 N–H and O–H groups in total. The molecule has 0 saturated heterocycles. The van der Waals surface area contributed by atoms with Gasteiger partial charge in [-0.2, -0.15) is 0 Å². The Bertz CT molecular complexity index is 666. The zero-order chi connectivity index (χ0) is 17.5. The molecule has 2 rings (SSSR count). The number of amides is 1. The van der Waals surface area contributed by atoms with Crippen molar-refractivity contribution in [1.82, 2.24) is 10.6 Å². The molecule has 2 aromatic carbocycles. The molecule has 0 aromatic heterocycles. The number of hydrogen-bond donors (Lipinski definition) is 2. The number of halogens is 2. The lowest BCUT2D eigenvalue weighted by molar-refractivity contribution is -0.120. The van der Waals surface area contributed by atoms with Gasteiger partial charge in [0.2, 0.25) is 5.91 Å². The Balaban J connectivity index is 1.79. The highest BCUT2D eigenvalue weighted by Crippen LogP contribution is 2.13. The van der Waals surface area contributed by atoms with Crippen LogP contribution >= 0.6 is 0 Å². The first kappa shape index (κ1) is 18.1. The lowest BCUT2D eigenvalue weighted by Gasteiger charge is -2.14. The van der Waals surface area contributed by atoms with Crippen molar-refractivity contribution in [1.29, 1.82) is 0 Å². The summed E-state index contributed by atoms with van der Waals surface area (Å²) in [5.74, 6) is -1.53. The van der Waals surface area contributed by atoms with E-state index in [2.05, 4.69) is 29.7 Å². The first-order chi connectivity index (χ1) is 11.5. The van der Waals surface area contributed by atoms with Gasteiger partial charge < -0.3 is 10.6 Å². The van der Waals surface area contributed by atoms with Gasteiger partial charge in [0.25, 0.3) is 0 Å². The molecule has 24 heavy (non-hydrogen) atoms. The van der Waals surface area contributed by atoms with E-state index in [4.69, 9.17) is 0 Å². The minimum Gasteiger partial charge on any atom is -0.351 e. The fourth-order valence-electron chi connectivity index (χ4n) is 2.38. The smallest absolute Gasteiger partial charge is 0.234 e. The number of hydrogen-bond acceptors (Lipinski definition) is 2.